The zero-order valence-electron chi connectivity index (χ0n) is 13.3. The molecule has 0 aromatic carbocycles. The Morgan fingerprint density at radius 1 is 0.952 bits per heavy atom. The number of rotatable bonds is 12. The van der Waals surface area contributed by atoms with Gasteiger partial charge in [0, 0.05) is 39.7 Å². The first-order chi connectivity index (χ1) is 10.3. The zero-order valence-corrected chi connectivity index (χ0v) is 13.3. The average molecular weight is 302 g/mol. The van der Waals surface area contributed by atoms with E-state index in [1.807, 2.05) is 4.90 Å². The van der Waals surface area contributed by atoms with Crippen LogP contribution in [0.4, 0.5) is 0 Å². The molecule has 6 nitrogen and oxygen atoms in total. The molecule has 1 saturated heterocycles. The third-order valence-electron chi connectivity index (χ3n) is 3.45. The van der Waals surface area contributed by atoms with Crippen molar-refractivity contribution in [2.75, 3.05) is 66.3 Å². The minimum absolute atomic E-state index is 0.273. The molecule has 1 aliphatic heterocycles. The summed E-state index contributed by atoms with van der Waals surface area (Å²) in [7, 11) is 1.65. The van der Waals surface area contributed by atoms with Gasteiger partial charge in [0.05, 0.1) is 33.0 Å². The van der Waals surface area contributed by atoms with E-state index in [2.05, 4.69) is 5.32 Å². The van der Waals surface area contributed by atoms with Crippen molar-refractivity contribution in [2.45, 2.75) is 25.7 Å². The second-order valence-corrected chi connectivity index (χ2v) is 5.16. The zero-order chi connectivity index (χ0) is 15.2. The van der Waals surface area contributed by atoms with E-state index in [0.717, 1.165) is 39.0 Å². The minimum atomic E-state index is 0.273. The number of carbonyl (C=O) groups is 1. The van der Waals surface area contributed by atoms with Crippen LogP contribution in [0, 0.1) is 0 Å². The first-order valence-corrected chi connectivity index (χ1v) is 7.97. The summed E-state index contributed by atoms with van der Waals surface area (Å²) in [5.74, 6) is 0.273. The van der Waals surface area contributed by atoms with Crippen molar-refractivity contribution in [2.24, 2.45) is 0 Å². The van der Waals surface area contributed by atoms with Crippen LogP contribution in [0.15, 0.2) is 0 Å². The van der Waals surface area contributed by atoms with Crippen molar-refractivity contribution in [3.63, 3.8) is 0 Å². The maximum Gasteiger partial charge on any atom is 0.223 e. The molecule has 0 aromatic rings. The predicted octanol–water partition coefficient (Wildman–Crippen LogP) is 0.658. The molecular weight excluding hydrogens is 272 g/mol. The summed E-state index contributed by atoms with van der Waals surface area (Å²) in [5.41, 5.74) is 0. The monoisotopic (exact) mass is 302 g/mol. The Kier molecular flexibility index (Phi) is 11.4. The highest BCUT2D eigenvalue weighted by atomic mass is 16.5. The fraction of sp³-hybridized carbons (Fsp3) is 0.933. The third-order valence-corrected chi connectivity index (χ3v) is 3.45. The second-order valence-electron chi connectivity index (χ2n) is 5.16. The number of ether oxygens (including phenoxy) is 3. The molecule has 1 fully saturated rings. The Bertz CT molecular complexity index is 258. The molecule has 1 amide bonds. The number of hydrogen-bond acceptors (Lipinski definition) is 5. The first kappa shape index (κ1) is 18.4. The van der Waals surface area contributed by atoms with Gasteiger partial charge in [0.25, 0.3) is 0 Å². The quantitative estimate of drug-likeness (QED) is 0.537. The molecule has 0 aliphatic carbocycles. The van der Waals surface area contributed by atoms with Gasteiger partial charge in [-0.15, -0.1) is 0 Å². The first-order valence-electron chi connectivity index (χ1n) is 7.97. The number of carbonyl (C=O) groups excluding carboxylic acids is 1. The lowest BCUT2D eigenvalue weighted by molar-refractivity contribution is -0.131. The maximum absolute atomic E-state index is 11.9. The van der Waals surface area contributed by atoms with E-state index in [-0.39, 0.29) is 5.91 Å². The minimum Gasteiger partial charge on any atom is -0.382 e. The van der Waals surface area contributed by atoms with Gasteiger partial charge in [-0.05, 0) is 19.3 Å². The lowest BCUT2D eigenvalue weighted by atomic mass is 10.1. The number of likely N-dealkylation sites (tertiary alicyclic amines) is 1. The fourth-order valence-corrected chi connectivity index (χ4v) is 2.23. The maximum atomic E-state index is 11.9. The second kappa shape index (κ2) is 13.0. The van der Waals surface area contributed by atoms with E-state index >= 15 is 0 Å². The van der Waals surface area contributed by atoms with E-state index < -0.39 is 0 Å². The number of piperidine rings is 1. The number of hydrogen-bond donors (Lipinski definition) is 1. The van der Waals surface area contributed by atoms with E-state index in [1.54, 1.807) is 7.11 Å². The van der Waals surface area contributed by atoms with Crippen LogP contribution in [0.1, 0.15) is 25.7 Å². The predicted molar refractivity (Wildman–Crippen MR) is 81.4 cm³/mol. The highest BCUT2D eigenvalue weighted by molar-refractivity contribution is 5.76. The largest absolute Gasteiger partial charge is 0.382 e. The molecule has 1 N–H and O–H groups in total. The van der Waals surface area contributed by atoms with Crippen LogP contribution in [0.2, 0.25) is 0 Å². The molecule has 0 radical (unpaired) electrons. The Morgan fingerprint density at radius 2 is 1.62 bits per heavy atom. The van der Waals surface area contributed by atoms with Crippen molar-refractivity contribution in [3.8, 4) is 0 Å². The summed E-state index contributed by atoms with van der Waals surface area (Å²) in [4.78, 5) is 13.9. The normalized spacial score (nSPS) is 15.4. The molecule has 1 rings (SSSR count). The van der Waals surface area contributed by atoms with Gasteiger partial charge in [-0.2, -0.15) is 0 Å². The summed E-state index contributed by atoms with van der Waals surface area (Å²) in [6.45, 7) is 6.42. The van der Waals surface area contributed by atoms with Crippen LogP contribution in [-0.2, 0) is 19.0 Å². The van der Waals surface area contributed by atoms with E-state index in [9.17, 15) is 4.79 Å². The molecule has 0 atom stereocenters. The molecule has 0 unspecified atom stereocenters. The molecule has 0 aromatic heterocycles. The number of nitrogens with one attached hydrogen (secondary N) is 1. The fourth-order valence-electron chi connectivity index (χ4n) is 2.23. The Balaban J connectivity index is 1.80. The van der Waals surface area contributed by atoms with Crippen molar-refractivity contribution < 1.29 is 19.0 Å². The SMILES string of the molecule is COCCOCCOCCNCCC(=O)N1CCCCC1. The summed E-state index contributed by atoms with van der Waals surface area (Å²) >= 11 is 0. The molecule has 0 spiro atoms. The van der Waals surface area contributed by atoms with Crippen molar-refractivity contribution in [3.05, 3.63) is 0 Å². The van der Waals surface area contributed by atoms with E-state index in [4.69, 9.17) is 14.2 Å². The highest BCUT2D eigenvalue weighted by Crippen LogP contribution is 2.09. The Morgan fingerprint density at radius 3 is 2.33 bits per heavy atom. The van der Waals surface area contributed by atoms with Gasteiger partial charge < -0.3 is 24.4 Å². The molecule has 21 heavy (non-hydrogen) atoms. The number of amides is 1. The van der Waals surface area contributed by atoms with Crippen LogP contribution in [0.3, 0.4) is 0 Å². The lowest BCUT2D eigenvalue weighted by Crippen LogP contribution is -2.37. The molecule has 1 heterocycles. The van der Waals surface area contributed by atoms with Gasteiger partial charge in [-0.1, -0.05) is 0 Å². The number of nitrogens with zero attached hydrogens (tertiary/aromatic N) is 1. The van der Waals surface area contributed by atoms with Gasteiger partial charge in [0.2, 0.25) is 5.91 Å². The van der Waals surface area contributed by atoms with Crippen LogP contribution >= 0.6 is 0 Å². The van der Waals surface area contributed by atoms with Gasteiger partial charge >= 0.3 is 0 Å². The summed E-state index contributed by atoms with van der Waals surface area (Å²) in [6.07, 6.45) is 4.15. The van der Waals surface area contributed by atoms with Crippen LogP contribution in [0.25, 0.3) is 0 Å². The third kappa shape index (κ3) is 9.79. The van der Waals surface area contributed by atoms with Crippen LogP contribution in [0.5, 0.6) is 0 Å². The van der Waals surface area contributed by atoms with Crippen LogP contribution < -0.4 is 5.32 Å². The van der Waals surface area contributed by atoms with Crippen molar-refractivity contribution in [1.29, 1.82) is 0 Å². The molecule has 0 saturated carbocycles. The standard InChI is InChI=1S/C15H30N2O4/c1-19-11-12-21-14-13-20-10-7-16-6-5-15(18)17-8-3-2-4-9-17/h16H,2-14H2,1H3. The van der Waals surface area contributed by atoms with Gasteiger partial charge in [0.15, 0.2) is 0 Å². The van der Waals surface area contributed by atoms with Gasteiger partial charge in [-0.25, -0.2) is 0 Å². The summed E-state index contributed by atoms with van der Waals surface area (Å²) < 4.78 is 15.6. The molecule has 6 heteroatoms. The van der Waals surface area contributed by atoms with E-state index in [0.29, 0.717) is 39.5 Å². The number of methoxy groups -OCH3 is 1. The molecular formula is C15H30N2O4. The molecule has 0 bridgehead atoms. The van der Waals surface area contributed by atoms with E-state index in [1.165, 1.54) is 6.42 Å². The average Bonchev–Trinajstić information content (AvgIpc) is 2.53. The molecule has 124 valence electrons. The van der Waals surface area contributed by atoms with Crippen molar-refractivity contribution >= 4 is 5.91 Å². The summed E-state index contributed by atoms with van der Waals surface area (Å²) in [5, 5.41) is 3.23. The van der Waals surface area contributed by atoms with Crippen LogP contribution in [-0.4, -0.2) is 77.1 Å². The van der Waals surface area contributed by atoms with Gasteiger partial charge in [-0.3, -0.25) is 4.79 Å². The van der Waals surface area contributed by atoms with Crippen molar-refractivity contribution in [1.82, 2.24) is 10.2 Å². The smallest absolute Gasteiger partial charge is 0.223 e. The molecule has 1 aliphatic rings. The highest BCUT2D eigenvalue weighted by Gasteiger charge is 2.15. The Hall–Kier alpha value is -0.690. The lowest BCUT2D eigenvalue weighted by Gasteiger charge is -2.26. The topological polar surface area (TPSA) is 60.0 Å². The van der Waals surface area contributed by atoms with Gasteiger partial charge in [0.1, 0.15) is 0 Å². The summed E-state index contributed by atoms with van der Waals surface area (Å²) in [6, 6.07) is 0. The Labute approximate surface area is 128 Å².